The molecule has 0 bridgehead atoms. The Kier molecular flexibility index (Phi) is 3.77. The number of aromatic amines is 1. The van der Waals surface area contributed by atoms with E-state index in [1.807, 2.05) is 18.2 Å². The van der Waals surface area contributed by atoms with Gasteiger partial charge in [0.2, 0.25) is 0 Å². The molecule has 4 heteroatoms. The molecule has 0 saturated carbocycles. The number of carbonyl (C=O) groups excluding carboxylic acids is 2. The van der Waals surface area contributed by atoms with Crippen molar-refractivity contribution >= 4 is 23.2 Å². The van der Waals surface area contributed by atoms with Crippen molar-refractivity contribution in [1.29, 1.82) is 0 Å². The Morgan fingerprint density at radius 1 is 1.44 bits per heavy atom. The van der Waals surface area contributed by atoms with Crippen LogP contribution >= 0.6 is 0 Å². The molecule has 0 saturated heterocycles. The third kappa shape index (κ3) is 2.42. The number of aldehydes is 1. The predicted octanol–water partition coefficient (Wildman–Crippen LogP) is 2.48. The van der Waals surface area contributed by atoms with E-state index in [1.54, 1.807) is 13.0 Å². The number of ether oxygens (including phenoxy) is 1. The maximum absolute atomic E-state index is 11.6. The molecular weight excluding hydrogens is 230 g/mol. The van der Waals surface area contributed by atoms with Gasteiger partial charge in [0.25, 0.3) is 0 Å². The number of H-pyrrole nitrogens is 1. The van der Waals surface area contributed by atoms with Crippen molar-refractivity contribution < 1.29 is 14.3 Å². The lowest BCUT2D eigenvalue weighted by molar-refractivity contribution is -0.107. The summed E-state index contributed by atoms with van der Waals surface area (Å²) in [6.07, 6.45) is 2.05. The van der Waals surface area contributed by atoms with Gasteiger partial charge in [0.05, 0.1) is 6.61 Å². The van der Waals surface area contributed by atoms with Crippen LogP contribution in [0.3, 0.4) is 0 Å². The molecule has 2 rings (SSSR count). The highest BCUT2D eigenvalue weighted by Gasteiger charge is 2.11. The van der Waals surface area contributed by atoms with Gasteiger partial charge in [-0.15, -0.1) is 0 Å². The summed E-state index contributed by atoms with van der Waals surface area (Å²) in [6, 6.07) is 7.58. The molecule has 0 atom stereocenters. The van der Waals surface area contributed by atoms with Gasteiger partial charge in [-0.3, -0.25) is 0 Å². The van der Waals surface area contributed by atoms with Gasteiger partial charge >= 0.3 is 5.97 Å². The topological polar surface area (TPSA) is 59.2 Å². The van der Waals surface area contributed by atoms with Gasteiger partial charge in [0.15, 0.2) is 0 Å². The SMILES string of the molecule is CCOC(=O)c1cc2cccc(CCC=O)c2[nH]1. The number of aromatic nitrogens is 1. The molecule has 0 unspecified atom stereocenters. The highest BCUT2D eigenvalue weighted by atomic mass is 16.5. The molecule has 0 fully saturated rings. The zero-order valence-corrected chi connectivity index (χ0v) is 10.2. The van der Waals surface area contributed by atoms with Crippen LogP contribution in [0.1, 0.15) is 29.4 Å². The minimum absolute atomic E-state index is 0.352. The lowest BCUT2D eigenvalue weighted by Crippen LogP contribution is -2.04. The van der Waals surface area contributed by atoms with E-state index in [-0.39, 0.29) is 5.97 Å². The molecule has 2 aromatic rings. The average molecular weight is 245 g/mol. The number of nitrogens with one attached hydrogen (secondary N) is 1. The average Bonchev–Trinajstić information content (AvgIpc) is 2.81. The van der Waals surface area contributed by atoms with Gasteiger partial charge < -0.3 is 14.5 Å². The molecule has 1 N–H and O–H groups in total. The molecule has 4 nitrogen and oxygen atoms in total. The number of esters is 1. The van der Waals surface area contributed by atoms with Gasteiger partial charge in [0, 0.05) is 17.3 Å². The van der Waals surface area contributed by atoms with Crippen molar-refractivity contribution in [3.8, 4) is 0 Å². The summed E-state index contributed by atoms with van der Waals surface area (Å²) in [5.41, 5.74) is 2.39. The standard InChI is InChI=1S/C14H15NO3/c1-2-18-14(17)12-9-11-6-3-5-10(7-4-8-16)13(11)15-12/h3,5-6,8-9,15H,2,4,7H2,1H3. The van der Waals surface area contributed by atoms with Crippen LogP contribution in [0.15, 0.2) is 24.3 Å². The minimum Gasteiger partial charge on any atom is -0.461 e. The Hall–Kier alpha value is -2.10. The predicted molar refractivity (Wildman–Crippen MR) is 68.6 cm³/mol. The highest BCUT2D eigenvalue weighted by Crippen LogP contribution is 2.21. The summed E-state index contributed by atoms with van der Waals surface area (Å²) in [7, 11) is 0. The minimum atomic E-state index is -0.352. The summed E-state index contributed by atoms with van der Waals surface area (Å²) < 4.78 is 4.95. The van der Waals surface area contributed by atoms with Crippen LogP contribution in [0, 0.1) is 0 Å². The van der Waals surface area contributed by atoms with E-state index < -0.39 is 0 Å². The van der Waals surface area contributed by atoms with E-state index in [9.17, 15) is 9.59 Å². The number of hydrogen-bond acceptors (Lipinski definition) is 3. The first kappa shape index (κ1) is 12.4. The van der Waals surface area contributed by atoms with Crippen molar-refractivity contribution in [2.24, 2.45) is 0 Å². The molecule has 1 heterocycles. The monoisotopic (exact) mass is 245 g/mol. The number of benzene rings is 1. The molecular formula is C14H15NO3. The quantitative estimate of drug-likeness (QED) is 0.650. The third-order valence-corrected chi connectivity index (χ3v) is 2.77. The highest BCUT2D eigenvalue weighted by molar-refractivity contribution is 5.95. The maximum Gasteiger partial charge on any atom is 0.354 e. The molecule has 0 aliphatic carbocycles. The van der Waals surface area contributed by atoms with Crippen LogP contribution in [-0.4, -0.2) is 23.8 Å². The van der Waals surface area contributed by atoms with Gasteiger partial charge in [-0.2, -0.15) is 0 Å². The number of aryl methyl sites for hydroxylation is 1. The number of para-hydroxylation sites is 1. The molecule has 0 aliphatic heterocycles. The zero-order valence-electron chi connectivity index (χ0n) is 10.2. The van der Waals surface area contributed by atoms with E-state index in [1.165, 1.54) is 0 Å². The van der Waals surface area contributed by atoms with Crippen LogP contribution in [0.5, 0.6) is 0 Å². The van der Waals surface area contributed by atoms with E-state index in [2.05, 4.69) is 4.98 Å². The number of hydrogen-bond donors (Lipinski definition) is 1. The molecule has 1 aromatic heterocycles. The molecule has 18 heavy (non-hydrogen) atoms. The van der Waals surface area contributed by atoms with E-state index >= 15 is 0 Å². The van der Waals surface area contributed by atoms with E-state index in [0.717, 1.165) is 22.8 Å². The summed E-state index contributed by atoms with van der Waals surface area (Å²) in [5.74, 6) is -0.352. The van der Waals surface area contributed by atoms with Crippen molar-refractivity contribution in [1.82, 2.24) is 4.98 Å². The van der Waals surface area contributed by atoms with Crippen molar-refractivity contribution in [3.63, 3.8) is 0 Å². The smallest absolute Gasteiger partial charge is 0.354 e. The summed E-state index contributed by atoms with van der Waals surface area (Å²) in [6.45, 7) is 2.13. The van der Waals surface area contributed by atoms with Gasteiger partial charge in [-0.1, -0.05) is 18.2 Å². The normalized spacial score (nSPS) is 10.5. The Bertz CT molecular complexity index is 571. The largest absolute Gasteiger partial charge is 0.461 e. The van der Waals surface area contributed by atoms with Crippen molar-refractivity contribution in [3.05, 3.63) is 35.5 Å². The first-order valence-electron chi connectivity index (χ1n) is 5.97. The van der Waals surface area contributed by atoms with Crippen molar-refractivity contribution in [2.75, 3.05) is 6.61 Å². The first-order chi connectivity index (χ1) is 8.76. The van der Waals surface area contributed by atoms with Crippen molar-refractivity contribution in [2.45, 2.75) is 19.8 Å². The Labute approximate surface area is 105 Å². The molecule has 1 aromatic carbocycles. The fourth-order valence-electron chi connectivity index (χ4n) is 1.96. The second kappa shape index (κ2) is 5.49. The lowest BCUT2D eigenvalue weighted by Gasteiger charge is -2.00. The fourth-order valence-corrected chi connectivity index (χ4v) is 1.96. The lowest BCUT2D eigenvalue weighted by atomic mass is 10.1. The summed E-state index contributed by atoms with van der Waals surface area (Å²) in [5, 5.41) is 0.960. The Balaban J connectivity index is 2.37. The van der Waals surface area contributed by atoms with Crippen LogP contribution in [0.4, 0.5) is 0 Å². The maximum atomic E-state index is 11.6. The van der Waals surface area contributed by atoms with Crippen LogP contribution in [0.25, 0.3) is 10.9 Å². The molecule has 0 radical (unpaired) electrons. The van der Waals surface area contributed by atoms with Gasteiger partial charge in [-0.25, -0.2) is 4.79 Å². The van der Waals surface area contributed by atoms with Gasteiger partial charge in [-0.05, 0) is 25.0 Å². The second-order valence-corrected chi connectivity index (χ2v) is 3.99. The zero-order chi connectivity index (χ0) is 13.0. The molecule has 0 amide bonds. The van der Waals surface area contributed by atoms with E-state index in [4.69, 9.17) is 4.74 Å². The second-order valence-electron chi connectivity index (χ2n) is 3.99. The van der Waals surface area contributed by atoms with Gasteiger partial charge in [0.1, 0.15) is 12.0 Å². The van der Waals surface area contributed by atoms with Crippen LogP contribution in [-0.2, 0) is 16.0 Å². The fraction of sp³-hybridized carbons (Fsp3) is 0.286. The molecule has 94 valence electrons. The van der Waals surface area contributed by atoms with Crippen LogP contribution < -0.4 is 0 Å². The summed E-state index contributed by atoms with van der Waals surface area (Å²) >= 11 is 0. The number of fused-ring (bicyclic) bond motifs is 1. The number of rotatable bonds is 5. The number of carbonyl (C=O) groups is 2. The molecule has 0 aliphatic rings. The summed E-state index contributed by atoms with van der Waals surface area (Å²) in [4.78, 5) is 25.1. The third-order valence-electron chi connectivity index (χ3n) is 2.77. The van der Waals surface area contributed by atoms with E-state index in [0.29, 0.717) is 25.1 Å². The van der Waals surface area contributed by atoms with Crippen LogP contribution in [0.2, 0.25) is 0 Å². The Morgan fingerprint density at radius 3 is 3.00 bits per heavy atom. The molecule has 0 spiro atoms. The first-order valence-corrected chi connectivity index (χ1v) is 5.97. The Morgan fingerprint density at radius 2 is 2.28 bits per heavy atom.